The molecule has 0 aliphatic heterocycles. The van der Waals surface area contributed by atoms with Gasteiger partial charge in [0.25, 0.3) is 0 Å². The molecule has 0 saturated carbocycles. The topological polar surface area (TPSA) is 51.2 Å². The van der Waals surface area contributed by atoms with Crippen LogP contribution in [0.2, 0.25) is 0 Å². The summed E-state index contributed by atoms with van der Waals surface area (Å²) >= 11 is 6.64. The van der Waals surface area contributed by atoms with Crippen molar-refractivity contribution in [1.29, 1.82) is 0 Å². The van der Waals surface area contributed by atoms with Crippen LogP contribution in [-0.2, 0) is 0 Å². The van der Waals surface area contributed by atoms with Crippen LogP contribution in [0.1, 0.15) is 18.7 Å². The van der Waals surface area contributed by atoms with Crippen LogP contribution in [-0.4, -0.2) is 13.1 Å². The predicted molar refractivity (Wildman–Crippen MR) is 67.4 cm³/mol. The van der Waals surface area contributed by atoms with Gasteiger partial charge in [0.05, 0.1) is 17.1 Å². The van der Waals surface area contributed by atoms with E-state index in [4.69, 9.17) is 10.2 Å². The number of rotatable bonds is 4. The molecule has 0 saturated heterocycles. The molecule has 0 radical (unpaired) electrons. The second-order valence-electron chi connectivity index (χ2n) is 2.87. The fraction of sp³-hybridized carbons (Fsp3) is 0.400. The van der Waals surface area contributed by atoms with Crippen LogP contribution in [0, 0.1) is 11.8 Å². The Morgan fingerprint density at radius 2 is 2.33 bits per heavy atom. The van der Waals surface area contributed by atoms with Gasteiger partial charge in [-0.2, -0.15) is 0 Å². The normalized spacial score (nSPS) is 12.0. The number of hydrogen-bond donors (Lipinski definition) is 2. The molecule has 1 heterocycles. The molecule has 1 unspecified atom stereocenters. The number of hydrogen-bond acceptors (Lipinski definition) is 3. The Morgan fingerprint density at radius 1 is 1.60 bits per heavy atom. The molecule has 0 spiro atoms. The first-order chi connectivity index (χ1) is 7.19. The molecular formula is C10H12Br2N2O. The highest BCUT2D eigenvalue weighted by Crippen LogP contribution is 2.29. The summed E-state index contributed by atoms with van der Waals surface area (Å²) in [5.74, 6) is 6.54. The molecule has 0 fully saturated rings. The van der Waals surface area contributed by atoms with Crippen molar-refractivity contribution in [1.82, 2.24) is 5.32 Å². The van der Waals surface area contributed by atoms with Crippen molar-refractivity contribution >= 4 is 31.9 Å². The van der Waals surface area contributed by atoms with Gasteiger partial charge < -0.3 is 10.2 Å². The van der Waals surface area contributed by atoms with Gasteiger partial charge in [-0.3, -0.25) is 5.32 Å². The smallest absolute Gasteiger partial charge is 0.183 e. The molecule has 5 heteroatoms. The van der Waals surface area contributed by atoms with E-state index >= 15 is 0 Å². The summed E-state index contributed by atoms with van der Waals surface area (Å²) in [6.07, 6.45) is 0. The quantitative estimate of drug-likeness (QED) is 0.831. The van der Waals surface area contributed by atoms with E-state index in [0.29, 0.717) is 17.8 Å². The highest BCUT2D eigenvalue weighted by molar-refractivity contribution is 9.13. The van der Waals surface area contributed by atoms with Gasteiger partial charge in [-0.05, 0) is 44.8 Å². The molecule has 1 aromatic rings. The van der Waals surface area contributed by atoms with Gasteiger partial charge in [0.1, 0.15) is 5.76 Å². The molecule has 0 bridgehead atoms. The molecule has 1 atom stereocenters. The second kappa shape index (κ2) is 6.33. The standard InChI is InChI=1S/C10H12Br2N2O/c1-2-3-4-14-8(6-13)9-5-7(11)10(12)15-9/h5,8,14H,4,6,13H2,1H3. The highest BCUT2D eigenvalue weighted by atomic mass is 79.9. The van der Waals surface area contributed by atoms with Crippen LogP contribution in [0.15, 0.2) is 19.6 Å². The number of furan rings is 1. The van der Waals surface area contributed by atoms with Crippen LogP contribution < -0.4 is 11.1 Å². The SMILES string of the molecule is CC#CCNC(CN)c1cc(Br)c(Br)o1. The van der Waals surface area contributed by atoms with Crippen molar-refractivity contribution < 1.29 is 4.42 Å². The van der Waals surface area contributed by atoms with Gasteiger partial charge in [0, 0.05) is 6.54 Å². The summed E-state index contributed by atoms with van der Waals surface area (Å²) in [6.45, 7) is 2.88. The van der Waals surface area contributed by atoms with Gasteiger partial charge >= 0.3 is 0 Å². The fourth-order valence-corrected chi connectivity index (χ4v) is 1.71. The van der Waals surface area contributed by atoms with E-state index in [0.717, 1.165) is 10.2 Å². The lowest BCUT2D eigenvalue weighted by atomic mass is 10.2. The zero-order chi connectivity index (χ0) is 11.3. The van der Waals surface area contributed by atoms with Gasteiger partial charge in [0.15, 0.2) is 4.67 Å². The molecule has 1 aromatic heterocycles. The van der Waals surface area contributed by atoms with E-state index in [1.165, 1.54) is 0 Å². The van der Waals surface area contributed by atoms with E-state index in [-0.39, 0.29) is 6.04 Å². The van der Waals surface area contributed by atoms with Crippen LogP contribution >= 0.6 is 31.9 Å². The molecule has 15 heavy (non-hydrogen) atoms. The third-order valence-corrected chi connectivity index (χ3v) is 3.57. The summed E-state index contributed by atoms with van der Waals surface area (Å²) in [5.41, 5.74) is 5.65. The van der Waals surface area contributed by atoms with E-state index in [1.807, 2.05) is 6.07 Å². The van der Waals surface area contributed by atoms with E-state index < -0.39 is 0 Å². The third kappa shape index (κ3) is 3.65. The summed E-state index contributed by atoms with van der Waals surface area (Å²) < 4.78 is 7.05. The maximum Gasteiger partial charge on any atom is 0.183 e. The third-order valence-electron chi connectivity index (χ3n) is 1.86. The Bertz CT molecular complexity index is 359. The van der Waals surface area contributed by atoms with Crippen molar-refractivity contribution in [3.05, 3.63) is 21.0 Å². The molecule has 3 nitrogen and oxygen atoms in total. The predicted octanol–water partition coefficient (Wildman–Crippen LogP) is 2.42. The fourth-order valence-electron chi connectivity index (χ4n) is 1.10. The van der Waals surface area contributed by atoms with E-state index in [1.54, 1.807) is 6.92 Å². The van der Waals surface area contributed by atoms with E-state index in [2.05, 4.69) is 49.0 Å². The average molecular weight is 336 g/mol. The monoisotopic (exact) mass is 334 g/mol. The first-order valence-corrected chi connectivity index (χ1v) is 6.05. The van der Waals surface area contributed by atoms with Gasteiger partial charge in [0.2, 0.25) is 0 Å². The largest absolute Gasteiger partial charge is 0.451 e. The summed E-state index contributed by atoms with van der Waals surface area (Å²) in [4.78, 5) is 0. The maximum absolute atomic E-state index is 5.65. The van der Waals surface area contributed by atoms with E-state index in [9.17, 15) is 0 Å². The molecule has 0 aliphatic rings. The molecule has 0 aromatic carbocycles. The Hall–Kier alpha value is -0.280. The minimum atomic E-state index is -0.00606. The van der Waals surface area contributed by atoms with Gasteiger partial charge in [-0.1, -0.05) is 5.92 Å². The Morgan fingerprint density at radius 3 is 2.80 bits per heavy atom. The zero-order valence-electron chi connectivity index (χ0n) is 8.31. The Labute approximate surface area is 106 Å². The summed E-state index contributed by atoms with van der Waals surface area (Å²) in [7, 11) is 0. The number of nitrogens with two attached hydrogens (primary N) is 1. The first-order valence-electron chi connectivity index (χ1n) is 4.46. The van der Waals surface area contributed by atoms with Gasteiger partial charge in [-0.25, -0.2) is 0 Å². The lowest BCUT2D eigenvalue weighted by Crippen LogP contribution is -2.28. The van der Waals surface area contributed by atoms with Crippen LogP contribution in [0.3, 0.4) is 0 Å². The molecular weight excluding hydrogens is 324 g/mol. The van der Waals surface area contributed by atoms with Crippen LogP contribution in [0.25, 0.3) is 0 Å². The minimum absolute atomic E-state index is 0.00606. The molecule has 82 valence electrons. The second-order valence-corrected chi connectivity index (χ2v) is 4.44. The van der Waals surface area contributed by atoms with Crippen molar-refractivity contribution in [3.63, 3.8) is 0 Å². The molecule has 0 amide bonds. The van der Waals surface area contributed by atoms with Crippen LogP contribution in [0.5, 0.6) is 0 Å². The molecule has 0 aliphatic carbocycles. The summed E-state index contributed by atoms with van der Waals surface area (Å²) in [5, 5.41) is 3.19. The van der Waals surface area contributed by atoms with Crippen molar-refractivity contribution in [2.24, 2.45) is 5.73 Å². The number of nitrogens with one attached hydrogen (secondary N) is 1. The Kier molecular flexibility index (Phi) is 5.40. The van der Waals surface area contributed by atoms with Crippen LogP contribution in [0.4, 0.5) is 0 Å². The Balaban J connectivity index is 2.68. The molecule has 1 rings (SSSR count). The zero-order valence-corrected chi connectivity index (χ0v) is 11.5. The first kappa shape index (κ1) is 12.8. The maximum atomic E-state index is 5.65. The number of halogens is 2. The molecule has 3 N–H and O–H groups in total. The van der Waals surface area contributed by atoms with Crippen molar-refractivity contribution in [2.75, 3.05) is 13.1 Å². The van der Waals surface area contributed by atoms with Crippen molar-refractivity contribution in [2.45, 2.75) is 13.0 Å². The van der Waals surface area contributed by atoms with Crippen molar-refractivity contribution in [3.8, 4) is 11.8 Å². The highest BCUT2D eigenvalue weighted by Gasteiger charge is 2.15. The average Bonchev–Trinajstić information content (AvgIpc) is 2.54. The minimum Gasteiger partial charge on any atom is -0.451 e. The van der Waals surface area contributed by atoms with Gasteiger partial charge in [-0.15, -0.1) is 5.92 Å². The lowest BCUT2D eigenvalue weighted by Gasteiger charge is -2.11. The summed E-state index contributed by atoms with van der Waals surface area (Å²) in [6, 6.07) is 1.89. The lowest BCUT2D eigenvalue weighted by molar-refractivity contribution is 0.416.